The summed E-state index contributed by atoms with van der Waals surface area (Å²) in [5, 5.41) is 0.447. The Morgan fingerprint density at radius 3 is 2.15 bits per heavy atom. The van der Waals surface area contributed by atoms with E-state index in [4.69, 9.17) is 11.6 Å². The van der Waals surface area contributed by atoms with Crippen molar-refractivity contribution in [3.63, 3.8) is 0 Å². The zero-order chi connectivity index (χ0) is 14.9. The maximum absolute atomic E-state index is 13.5. The molecule has 20 heavy (non-hydrogen) atoms. The highest BCUT2D eigenvalue weighted by molar-refractivity contribution is 9.09. The van der Waals surface area contributed by atoms with Gasteiger partial charge < -0.3 is 0 Å². The van der Waals surface area contributed by atoms with Gasteiger partial charge in [0.05, 0.1) is 4.83 Å². The lowest BCUT2D eigenvalue weighted by Gasteiger charge is -2.15. The van der Waals surface area contributed by atoms with Crippen LogP contribution >= 0.6 is 27.5 Å². The number of hydrogen-bond acceptors (Lipinski definition) is 0. The second-order valence-corrected chi connectivity index (χ2v) is 6.63. The Labute approximate surface area is 133 Å². The summed E-state index contributed by atoms with van der Waals surface area (Å²) in [6, 6.07) is 11.6. The molecule has 0 aliphatic heterocycles. The summed E-state index contributed by atoms with van der Waals surface area (Å²) in [4.78, 5) is -0.0319. The average Bonchev–Trinajstić information content (AvgIpc) is 2.42. The first-order chi connectivity index (χ1) is 9.40. The molecule has 0 saturated heterocycles. The lowest BCUT2D eigenvalue weighted by molar-refractivity contribution is 0.618. The van der Waals surface area contributed by atoms with E-state index in [1.807, 2.05) is 0 Å². The normalized spacial score (nSPS) is 12.8. The van der Waals surface area contributed by atoms with Crippen molar-refractivity contribution in [3.05, 3.63) is 69.5 Å². The highest BCUT2D eigenvalue weighted by Crippen LogP contribution is 2.36. The minimum absolute atomic E-state index is 0.0319. The highest BCUT2D eigenvalue weighted by Gasteiger charge is 2.16. The quantitative estimate of drug-likeness (QED) is 0.559. The van der Waals surface area contributed by atoms with Crippen molar-refractivity contribution in [1.29, 1.82) is 0 Å². The van der Waals surface area contributed by atoms with Crippen LogP contribution in [0.3, 0.4) is 0 Å². The maximum atomic E-state index is 13.5. The molecule has 1 atom stereocenters. The fourth-order valence-electron chi connectivity index (χ4n) is 2.10. The summed E-state index contributed by atoms with van der Waals surface area (Å²) < 4.78 is 13.5. The number of alkyl halides is 1. The van der Waals surface area contributed by atoms with E-state index < -0.39 is 0 Å². The van der Waals surface area contributed by atoms with Gasteiger partial charge in [-0.05, 0) is 41.2 Å². The molecule has 0 N–H and O–H groups in total. The minimum atomic E-state index is -0.270. The Hall–Kier alpha value is -0.860. The molecule has 0 aliphatic rings. The zero-order valence-corrected chi connectivity index (χ0v) is 14.1. The SMILES string of the molecule is Cc1cc(C(Br)c2ccc(C(C)C)cc2)c(Cl)cc1F. The highest BCUT2D eigenvalue weighted by atomic mass is 79.9. The molecule has 0 amide bonds. The van der Waals surface area contributed by atoms with E-state index >= 15 is 0 Å². The molecule has 2 aromatic rings. The molecule has 0 aliphatic carbocycles. The van der Waals surface area contributed by atoms with Crippen molar-refractivity contribution >= 4 is 27.5 Å². The van der Waals surface area contributed by atoms with Crippen LogP contribution in [-0.4, -0.2) is 0 Å². The monoisotopic (exact) mass is 354 g/mol. The Bertz CT molecular complexity index is 605. The number of aryl methyl sites for hydroxylation is 1. The fourth-order valence-corrected chi connectivity index (χ4v) is 3.18. The Kier molecular flexibility index (Phi) is 4.87. The predicted molar refractivity (Wildman–Crippen MR) is 87.4 cm³/mol. The second-order valence-electron chi connectivity index (χ2n) is 5.31. The number of hydrogen-bond donors (Lipinski definition) is 0. The van der Waals surface area contributed by atoms with Gasteiger partial charge in [0.1, 0.15) is 5.82 Å². The van der Waals surface area contributed by atoms with Crippen LogP contribution in [0.2, 0.25) is 5.02 Å². The van der Waals surface area contributed by atoms with E-state index in [2.05, 4.69) is 54.0 Å². The van der Waals surface area contributed by atoms with Gasteiger partial charge in [0, 0.05) is 5.02 Å². The van der Waals surface area contributed by atoms with Gasteiger partial charge in [0.15, 0.2) is 0 Å². The van der Waals surface area contributed by atoms with Crippen LogP contribution in [-0.2, 0) is 0 Å². The van der Waals surface area contributed by atoms with Crippen molar-refractivity contribution in [3.8, 4) is 0 Å². The number of benzene rings is 2. The number of rotatable bonds is 3. The molecule has 0 aromatic heterocycles. The van der Waals surface area contributed by atoms with Gasteiger partial charge >= 0.3 is 0 Å². The summed E-state index contributed by atoms with van der Waals surface area (Å²) in [5.74, 6) is 0.239. The molecule has 2 rings (SSSR count). The van der Waals surface area contributed by atoms with Crippen LogP contribution in [0.5, 0.6) is 0 Å². The Balaban J connectivity index is 2.36. The molecular formula is C17H17BrClF. The second kappa shape index (κ2) is 6.28. The van der Waals surface area contributed by atoms with E-state index in [1.54, 1.807) is 13.0 Å². The van der Waals surface area contributed by atoms with Gasteiger partial charge in [-0.3, -0.25) is 0 Å². The van der Waals surface area contributed by atoms with Crippen LogP contribution in [0.4, 0.5) is 4.39 Å². The summed E-state index contributed by atoms with van der Waals surface area (Å²) in [6.07, 6.45) is 0. The van der Waals surface area contributed by atoms with Crippen molar-refractivity contribution < 1.29 is 4.39 Å². The molecule has 106 valence electrons. The molecule has 0 nitrogen and oxygen atoms in total. The largest absolute Gasteiger partial charge is 0.207 e. The Morgan fingerprint density at radius 2 is 1.60 bits per heavy atom. The van der Waals surface area contributed by atoms with Gasteiger partial charge in [0.25, 0.3) is 0 Å². The molecule has 3 heteroatoms. The first-order valence-electron chi connectivity index (χ1n) is 6.59. The van der Waals surface area contributed by atoms with Crippen LogP contribution < -0.4 is 0 Å². The maximum Gasteiger partial charge on any atom is 0.127 e. The molecule has 0 bridgehead atoms. The van der Waals surface area contributed by atoms with E-state index in [0.29, 0.717) is 16.5 Å². The Morgan fingerprint density at radius 1 is 1.05 bits per heavy atom. The predicted octanol–water partition coefficient (Wildman–Crippen LogP) is 6.40. The molecule has 1 unspecified atom stereocenters. The molecule has 0 radical (unpaired) electrons. The van der Waals surface area contributed by atoms with Gasteiger partial charge in [0.2, 0.25) is 0 Å². The number of halogens is 3. The molecule has 0 spiro atoms. The van der Waals surface area contributed by atoms with Gasteiger partial charge in [-0.25, -0.2) is 4.39 Å². The lowest BCUT2D eigenvalue weighted by Crippen LogP contribution is -1.97. The summed E-state index contributed by atoms with van der Waals surface area (Å²) in [6.45, 7) is 6.08. The van der Waals surface area contributed by atoms with Gasteiger partial charge in [-0.2, -0.15) is 0 Å². The first kappa shape index (κ1) is 15.5. The van der Waals surface area contributed by atoms with Crippen molar-refractivity contribution in [2.75, 3.05) is 0 Å². The van der Waals surface area contributed by atoms with Gasteiger partial charge in [-0.1, -0.05) is 71.7 Å². The van der Waals surface area contributed by atoms with Crippen LogP contribution in [0.15, 0.2) is 36.4 Å². The summed E-state index contributed by atoms with van der Waals surface area (Å²) >= 11 is 9.82. The molecule has 2 aromatic carbocycles. The van der Waals surface area contributed by atoms with Crippen molar-refractivity contribution in [1.82, 2.24) is 0 Å². The van der Waals surface area contributed by atoms with Crippen LogP contribution in [0.25, 0.3) is 0 Å². The molecule has 0 saturated carbocycles. The van der Waals surface area contributed by atoms with E-state index in [-0.39, 0.29) is 10.6 Å². The first-order valence-corrected chi connectivity index (χ1v) is 7.89. The van der Waals surface area contributed by atoms with E-state index in [0.717, 1.165) is 11.1 Å². The molecule has 0 fully saturated rings. The molecular weight excluding hydrogens is 339 g/mol. The lowest BCUT2D eigenvalue weighted by atomic mass is 9.98. The van der Waals surface area contributed by atoms with Gasteiger partial charge in [-0.15, -0.1) is 0 Å². The fraction of sp³-hybridized carbons (Fsp3) is 0.294. The molecule has 0 heterocycles. The smallest absolute Gasteiger partial charge is 0.127 e. The van der Waals surface area contributed by atoms with Crippen LogP contribution in [0, 0.1) is 12.7 Å². The van der Waals surface area contributed by atoms with Crippen LogP contribution in [0.1, 0.15) is 46.8 Å². The summed E-state index contributed by atoms with van der Waals surface area (Å²) in [7, 11) is 0. The third-order valence-electron chi connectivity index (χ3n) is 3.45. The minimum Gasteiger partial charge on any atom is -0.207 e. The standard InChI is InChI=1S/C17H17BrClF/c1-10(2)12-4-6-13(7-5-12)17(18)14-8-11(3)16(20)9-15(14)19/h4-10,17H,1-3H3. The third-order valence-corrected chi connectivity index (χ3v) is 4.80. The average molecular weight is 356 g/mol. The summed E-state index contributed by atoms with van der Waals surface area (Å²) in [5.41, 5.74) is 3.91. The topological polar surface area (TPSA) is 0 Å². The van der Waals surface area contributed by atoms with Crippen molar-refractivity contribution in [2.24, 2.45) is 0 Å². The van der Waals surface area contributed by atoms with Crippen molar-refractivity contribution in [2.45, 2.75) is 31.5 Å². The van der Waals surface area contributed by atoms with E-state index in [1.165, 1.54) is 11.6 Å². The third kappa shape index (κ3) is 3.24. The van der Waals surface area contributed by atoms with E-state index in [9.17, 15) is 4.39 Å². The zero-order valence-electron chi connectivity index (χ0n) is 11.8.